The van der Waals surface area contributed by atoms with Crippen molar-refractivity contribution in [3.05, 3.63) is 52.6 Å². The molecule has 3 aromatic heterocycles. The van der Waals surface area contributed by atoms with Gasteiger partial charge >= 0.3 is 6.18 Å². The van der Waals surface area contributed by atoms with Crippen molar-refractivity contribution in [3.8, 4) is 11.3 Å². The number of halogens is 3. The molecule has 1 fully saturated rings. The predicted molar refractivity (Wildman–Crippen MR) is 116 cm³/mol. The van der Waals surface area contributed by atoms with Crippen molar-refractivity contribution >= 4 is 5.91 Å². The molecule has 1 saturated heterocycles. The molecule has 1 aliphatic heterocycles. The summed E-state index contributed by atoms with van der Waals surface area (Å²) in [6.45, 7) is 5.26. The van der Waals surface area contributed by atoms with Crippen molar-refractivity contribution in [2.45, 2.75) is 51.6 Å². The van der Waals surface area contributed by atoms with Gasteiger partial charge < -0.3 is 19.2 Å². The molecule has 0 unspecified atom stereocenters. The molecule has 1 N–H and O–H groups in total. The van der Waals surface area contributed by atoms with Gasteiger partial charge in [-0.05, 0) is 12.8 Å². The fraction of sp³-hybridized carbons (Fsp3) is 0.478. The summed E-state index contributed by atoms with van der Waals surface area (Å²) >= 11 is 0. The average molecular weight is 491 g/mol. The zero-order valence-corrected chi connectivity index (χ0v) is 19.2. The van der Waals surface area contributed by atoms with Gasteiger partial charge in [0.05, 0.1) is 37.6 Å². The predicted octanol–water partition coefficient (Wildman–Crippen LogP) is 3.27. The molecule has 12 heteroatoms. The Morgan fingerprint density at radius 2 is 2.03 bits per heavy atom. The summed E-state index contributed by atoms with van der Waals surface area (Å²) in [7, 11) is 0. The van der Waals surface area contributed by atoms with E-state index in [1.54, 1.807) is 17.8 Å². The molecule has 0 aromatic carbocycles. The molecule has 2 aliphatic rings. The lowest BCUT2D eigenvalue weighted by Crippen LogP contribution is -2.32. The number of carbonyl (C=O) groups excluding carboxylic acids is 1. The Morgan fingerprint density at radius 3 is 2.71 bits per heavy atom. The minimum atomic E-state index is -4.82. The number of nitrogens with zero attached hydrogens (tertiary/aromatic N) is 4. The third-order valence-corrected chi connectivity index (χ3v) is 6.08. The third-order valence-electron chi connectivity index (χ3n) is 6.08. The summed E-state index contributed by atoms with van der Waals surface area (Å²) in [5.41, 5.74) is 0.119. The van der Waals surface area contributed by atoms with Crippen LogP contribution in [-0.2, 0) is 35.2 Å². The fourth-order valence-corrected chi connectivity index (χ4v) is 4.40. The standard InChI is InChI=1S/C23H24F3N5O4/c1-12-5-17-18(20-16(12)10-31(30-20)9-15-11-33-3-4-34-15)19(23(24,25)26)21(35-17)22(32)29-8-14-6-27-13(2)28-7-14/h6-7,10,12,15H,3-5,8-9,11H2,1-2H3,(H,29,32)/t12-,15-/m0/s1. The highest BCUT2D eigenvalue weighted by Crippen LogP contribution is 2.48. The van der Waals surface area contributed by atoms with Gasteiger partial charge in [-0.15, -0.1) is 0 Å². The Labute approximate surface area is 198 Å². The average Bonchev–Trinajstić information content (AvgIpc) is 3.41. The number of aromatic nitrogens is 4. The van der Waals surface area contributed by atoms with Gasteiger partial charge in [0.25, 0.3) is 5.91 Å². The zero-order valence-electron chi connectivity index (χ0n) is 19.2. The van der Waals surface area contributed by atoms with E-state index in [2.05, 4.69) is 20.4 Å². The molecular formula is C23H24F3N5O4. The Bertz CT molecular complexity index is 1230. The molecule has 3 aromatic rings. The van der Waals surface area contributed by atoms with Crippen LogP contribution in [0.4, 0.5) is 13.2 Å². The number of alkyl halides is 3. The maximum absolute atomic E-state index is 14.3. The zero-order chi connectivity index (χ0) is 24.7. The lowest BCUT2D eigenvalue weighted by molar-refractivity contribution is -0.137. The molecule has 2 atom stereocenters. The molecule has 0 spiro atoms. The number of nitrogens with one attached hydrogen (secondary N) is 1. The van der Waals surface area contributed by atoms with Gasteiger partial charge in [0.15, 0.2) is 0 Å². The topological polar surface area (TPSA) is 104 Å². The number of aryl methyl sites for hydroxylation is 1. The summed E-state index contributed by atoms with van der Waals surface area (Å²) in [5.74, 6) is -1.22. The molecule has 0 bridgehead atoms. The van der Waals surface area contributed by atoms with Gasteiger partial charge in [0, 0.05) is 42.7 Å². The van der Waals surface area contributed by atoms with Crippen LogP contribution in [0.15, 0.2) is 23.0 Å². The van der Waals surface area contributed by atoms with Crippen LogP contribution in [0.3, 0.4) is 0 Å². The van der Waals surface area contributed by atoms with Crippen LogP contribution in [0.5, 0.6) is 0 Å². The first-order valence-electron chi connectivity index (χ1n) is 11.3. The second-order valence-corrected chi connectivity index (χ2v) is 8.75. The van der Waals surface area contributed by atoms with Crippen molar-refractivity contribution in [1.82, 2.24) is 25.1 Å². The number of hydrogen-bond acceptors (Lipinski definition) is 7. The van der Waals surface area contributed by atoms with E-state index in [1.807, 2.05) is 6.92 Å². The van der Waals surface area contributed by atoms with Gasteiger partial charge in [-0.3, -0.25) is 9.48 Å². The molecule has 0 radical (unpaired) electrons. The van der Waals surface area contributed by atoms with E-state index >= 15 is 0 Å². The number of rotatable bonds is 5. The van der Waals surface area contributed by atoms with E-state index in [9.17, 15) is 18.0 Å². The van der Waals surface area contributed by atoms with Crippen molar-refractivity contribution in [2.75, 3.05) is 19.8 Å². The summed E-state index contributed by atoms with van der Waals surface area (Å²) < 4.78 is 61.0. The van der Waals surface area contributed by atoms with Gasteiger partial charge in [-0.2, -0.15) is 18.3 Å². The molecule has 1 amide bonds. The Balaban J connectivity index is 1.47. The van der Waals surface area contributed by atoms with Crippen molar-refractivity contribution in [2.24, 2.45) is 0 Å². The lowest BCUT2D eigenvalue weighted by Gasteiger charge is -2.22. The number of ether oxygens (including phenoxy) is 2. The van der Waals surface area contributed by atoms with E-state index in [0.29, 0.717) is 43.3 Å². The Kier molecular flexibility index (Phi) is 6.09. The maximum Gasteiger partial charge on any atom is 0.420 e. The van der Waals surface area contributed by atoms with Crippen LogP contribution in [-0.4, -0.2) is 51.6 Å². The Morgan fingerprint density at radius 1 is 1.26 bits per heavy atom. The molecule has 4 heterocycles. The fourth-order valence-electron chi connectivity index (χ4n) is 4.40. The monoisotopic (exact) mass is 491 g/mol. The molecule has 0 saturated carbocycles. The van der Waals surface area contributed by atoms with E-state index in [-0.39, 0.29) is 42.0 Å². The highest BCUT2D eigenvalue weighted by atomic mass is 19.4. The number of amides is 1. The first-order chi connectivity index (χ1) is 16.7. The summed E-state index contributed by atoms with van der Waals surface area (Å²) in [5, 5.41) is 6.94. The minimum absolute atomic E-state index is 0.0402. The van der Waals surface area contributed by atoms with E-state index in [0.717, 1.165) is 0 Å². The van der Waals surface area contributed by atoms with Crippen molar-refractivity contribution in [1.29, 1.82) is 0 Å². The lowest BCUT2D eigenvalue weighted by atomic mass is 9.86. The first-order valence-corrected chi connectivity index (χ1v) is 11.3. The molecule has 1 aliphatic carbocycles. The van der Waals surface area contributed by atoms with Crippen molar-refractivity contribution < 1.29 is 31.9 Å². The summed E-state index contributed by atoms with van der Waals surface area (Å²) in [4.78, 5) is 20.9. The van der Waals surface area contributed by atoms with Crippen LogP contribution in [0.25, 0.3) is 11.3 Å². The third kappa shape index (κ3) is 4.67. The van der Waals surface area contributed by atoms with Crippen LogP contribution in [0.2, 0.25) is 0 Å². The van der Waals surface area contributed by atoms with E-state index in [1.165, 1.54) is 12.4 Å². The van der Waals surface area contributed by atoms with Gasteiger partial charge in [-0.1, -0.05) is 6.92 Å². The first kappa shape index (κ1) is 23.5. The SMILES string of the molecule is Cc1ncc(CNC(=O)c2oc3c(c2C(F)(F)F)-c2nn(C[C@H]4COCCO4)cc2[C@@H](C)C3)cn1. The van der Waals surface area contributed by atoms with E-state index < -0.39 is 23.4 Å². The van der Waals surface area contributed by atoms with Crippen LogP contribution < -0.4 is 5.32 Å². The van der Waals surface area contributed by atoms with Gasteiger partial charge in [-0.25, -0.2) is 9.97 Å². The molecule has 5 rings (SSSR count). The molecular weight excluding hydrogens is 467 g/mol. The number of furan rings is 1. The van der Waals surface area contributed by atoms with E-state index in [4.69, 9.17) is 13.9 Å². The van der Waals surface area contributed by atoms with Crippen molar-refractivity contribution in [3.63, 3.8) is 0 Å². The quantitative estimate of drug-likeness (QED) is 0.584. The highest BCUT2D eigenvalue weighted by molar-refractivity contribution is 5.96. The van der Waals surface area contributed by atoms with Crippen LogP contribution in [0, 0.1) is 6.92 Å². The Hall–Kier alpha value is -3.25. The van der Waals surface area contributed by atoms with Gasteiger partial charge in [0.1, 0.15) is 23.3 Å². The number of carbonyl (C=O) groups is 1. The normalized spacial score (nSPS) is 19.8. The highest BCUT2D eigenvalue weighted by Gasteiger charge is 2.46. The second kappa shape index (κ2) is 9.08. The minimum Gasteiger partial charge on any atom is -0.455 e. The molecule has 35 heavy (non-hydrogen) atoms. The molecule has 9 nitrogen and oxygen atoms in total. The maximum atomic E-state index is 14.3. The van der Waals surface area contributed by atoms with Crippen LogP contribution >= 0.6 is 0 Å². The second-order valence-electron chi connectivity index (χ2n) is 8.75. The molecule has 186 valence electrons. The largest absolute Gasteiger partial charge is 0.455 e. The summed E-state index contributed by atoms with van der Waals surface area (Å²) in [6, 6.07) is 0. The smallest absolute Gasteiger partial charge is 0.420 e. The number of fused-ring (bicyclic) bond motifs is 3. The van der Waals surface area contributed by atoms with Crippen LogP contribution in [0.1, 0.15) is 51.7 Å². The number of hydrogen-bond donors (Lipinski definition) is 1. The summed E-state index contributed by atoms with van der Waals surface area (Å²) in [6.07, 6.45) is -0.0914. The van der Waals surface area contributed by atoms with Gasteiger partial charge in [0.2, 0.25) is 5.76 Å².